The van der Waals surface area contributed by atoms with Crippen molar-refractivity contribution in [3.05, 3.63) is 36.2 Å². The largest absolute Gasteiger partial charge is 0.394 e. The Morgan fingerprint density at radius 3 is 2.72 bits per heavy atom. The van der Waals surface area contributed by atoms with E-state index in [2.05, 4.69) is 15.0 Å². The van der Waals surface area contributed by atoms with E-state index in [1.54, 1.807) is 18.2 Å². The Morgan fingerprint density at radius 1 is 1.28 bits per heavy atom. The standard InChI is InChI=1S/C18H19N5O5S/c1-8(25)9-4-2-3-5-11(9)29-16-12-15(21-18(19)22-16)23(7-20-12)17-14(27)13(26)10(6-24)28-17/h2-5,7,10,13-14,17,24,26-27H,6H2,1H3,(H2,19,21,22)/t10-,13-,14-,17-/m1/s1. The minimum atomic E-state index is -1.28. The van der Waals surface area contributed by atoms with Crippen LogP contribution in [-0.4, -0.2) is 65.5 Å². The van der Waals surface area contributed by atoms with Gasteiger partial charge in [0.2, 0.25) is 5.95 Å². The van der Waals surface area contributed by atoms with Crippen molar-refractivity contribution in [2.75, 3.05) is 12.3 Å². The number of Topliss-reactive ketones (excluding diaryl/α,β-unsaturated/α-hetero) is 1. The molecule has 3 heterocycles. The number of nitrogens with two attached hydrogens (primary N) is 1. The fourth-order valence-corrected chi connectivity index (χ4v) is 4.28. The smallest absolute Gasteiger partial charge is 0.223 e. The summed E-state index contributed by atoms with van der Waals surface area (Å²) in [5, 5.41) is 30.1. The van der Waals surface area contributed by atoms with Gasteiger partial charge < -0.3 is 25.8 Å². The van der Waals surface area contributed by atoms with Gasteiger partial charge in [-0.25, -0.2) is 9.97 Å². The molecule has 1 saturated heterocycles. The second-order valence-electron chi connectivity index (χ2n) is 6.59. The number of benzene rings is 1. The van der Waals surface area contributed by atoms with E-state index in [1.165, 1.54) is 29.6 Å². The van der Waals surface area contributed by atoms with Crippen LogP contribution in [0.3, 0.4) is 0 Å². The summed E-state index contributed by atoms with van der Waals surface area (Å²) in [7, 11) is 0. The molecule has 1 aliphatic rings. The van der Waals surface area contributed by atoms with Gasteiger partial charge in [0.05, 0.1) is 12.9 Å². The van der Waals surface area contributed by atoms with Crippen LogP contribution in [-0.2, 0) is 4.74 Å². The lowest BCUT2D eigenvalue weighted by Crippen LogP contribution is -2.33. The van der Waals surface area contributed by atoms with E-state index in [1.807, 2.05) is 6.07 Å². The van der Waals surface area contributed by atoms with E-state index in [-0.39, 0.29) is 11.7 Å². The molecule has 2 aromatic heterocycles. The van der Waals surface area contributed by atoms with E-state index in [0.717, 1.165) is 0 Å². The number of aromatic nitrogens is 4. The first-order valence-electron chi connectivity index (χ1n) is 8.81. The first-order valence-corrected chi connectivity index (χ1v) is 9.62. The molecule has 0 aliphatic carbocycles. The summed E-state index contributed by atoms with van der Waals surface area (Å²) in [5.74, 6) is -0.0998. The quantitative estimate of drug-likeness (QED) is 0.338. The summed E-state index contributed by atoms with van der Waals surface area (Å²) in [5.41, 5.74) is 7.13. The minimum Gasteiger partial charge on any atom is -0.394 e. The molecule has 1 aromatic carbocycles. The van der Waals surface area contributed by atoms with Crippen LogP contribution in [0.5, 0.6) is 0 Å². The Labute approximate surface area is 169 Å². The van der Waals surface area contributed by atoms with E-state index in [0.29, 0.717) is 26.6 Å². The highest BCUT2D eigenvalue weighted by atomic mass is 32.2. The van der Waals surface area contributed by atoms with Gasteiger partial charge in [-0.15, -0.1) is 0 Å². The summed E-state index contributed by atoms with van der Waals surface area (Å²) in [6, 6.07) is 7.12. The average molecular weight is 417 g/mol. The molecule has 152 valence electrons. The van der Waals surface area contributed by atoms with Gasteiger partial charge in [-0.2, -0.15) is 4.98 Å². The summed E-state index contributed by atoms with van der Waals surface area (Å²) in [6.07, 6.45) is -3.06. The highest BCUT2D eigenvalue weighted by Gasteiger charge is 2.44. The van der Waals surface area contributed by atoms with Crippen molar-refractivity contribution in [2.24, 2.45) is 0 Å². The molecule has 5 N–H and O–H groups in total. The number of nitrogen functional groups attached to an aromatic ring is 1. The summed E-state index contributed by atoms with van der Waals surface area (Å²) >= 11 is 1.23. The highest BCUT2D eigenvalue weighted by Crippen LogP contribution is 2.36. The lowest BCUT2D eigenvalue weighted by molar-refractivity contribution is -0.0511. The Morgan fingerprint density at radius 2 is 2.03 bits per heavy atom. The molecule has 0 amide bonds. The predicted molar refractivity (Wildman–Crippen MR) is 103 cm³/mol. The zero-order valence-electron chi connectivity index (χ0n) is 15.3. The van der Waals surface area contributed by atoms with Crippen molar-refractivity contribution in [3.63, 3.8) is 0 Å². The maximum absolute atomic E-state index is 11.9. The van der Waals surface area contributed by atoms with Crippen LogP contribution < -0.4 is 5.73 Å². The fourth-order valence-electron chi connectivity index (χ4n) is 3.22. The van der Waals surface area contributed by atoms with Gasteiger partial charge in [0.1, 0.15) is 28.9 Å². The molecule has 10 nitrogen and oxygen atoms in total. The maximum Gasteiger partial charge on any atom is 0.223 e. The third kappa shape index (κ3) is 3.47. The second-order valence-corrected chi connectivity index (χ2v) is 7.62. The molecule has 0 bridgehead atoms. The first-order chi connectivity index (χ1) is 13.9. The Kier molecular flexibility index (Phi) is 5.23. The van der Waals surface area contributed by atoms with Crippen LogP contribution >= 0.6 is 11.8 Å². The molecule has 0 saturated carbocycles. The summed E-state index contributed by atoms with van der Waals surface area (Å²) < 4.78 is 7.00. The van der Waals surface area contributed by atoms with Gasteiger partial charge in [-0.1, -0.05) is 30.0 Å². The van der Waals surface area contributed by atoms with Crippen molar-refractivity contribution in [3.8, 4) is 0 Å². The Bertz CT molecular complexity index is 1070. The van der Waals surface area contributed by atoms with Gasteiger partial charge in [0.15, 0.2) is 17.7 Å². The summed E-state index contributed by atoms with van der Waals surface area (Å²) in [4.78, 5) is 25.4. The van der Waals surface area contributed by atoms with Crippen LogP contribution in [0.2, 0.25) is 0 Å². The third-order valence-electron chi connectivity index (χ3n) is 4.67. The van der Waals surface area contributed by atoms with Gasteiger partial charge >= 0.3 is 0 Å². The van der Waals surface area contributed by atoms with Crippen LogP contribution in [0.4, 0.5) is 5.95 Å². The molecule has 4 rings (SSSR count). The Balaban J connectivity index is 1.76. The monoisotopic (exact) mass is 417 g/mol. The normalized spacial score (nSPS) is 24.3. The summed E-state index contributed by atoms with van der Waals surface area (Å²) in [6.45, 7) is 1.04. The van der Waals surface area contributed by atoms with Crippen molar-refractivity contribution >= 4 is 34.7 Å². The number of hydrogen-bond acceptors (Lipinski definition) is 10. The molecular weight excluding hydrogens is 398 g/mol. The zero-order valence-corrected chi connectivity index (χ0v) is 16.2. The van der Waals surface area contributed by atoms with E-state index in [9.17, 15) is 20.1 Å². The SMILES string of the molecule is CC(=O)c1ccccc1Sc1nc(N)nc2c1ncn2[C@@H]1O[C@H](CO)[C@@H](O)[C@H]1O. The number of aliphatic hydroxyl groups is 3. The van der Waals surface area contributed by atoms with Crippen LogP contribution in [0.15, 0.2) is 40.5 Å². The van der Waals surface area contributed by atoms with E-state index < -0.39 is 31.1 Å². The molecule has 0 radical (unpaired) electrons. The van der Waals surface area contributed by atoms with Gasteiger partial charge in [-0.05, 0) is 13.0 Å². The lowest BCUT2D eigenvalue weighted by Gasteiger charge is -2.16. The highest BCUT2D eigenvalue weighted by molar-refractivity contribution is 7.99. The van der Waals surface area contributed by atoms with Crippen molar-refractivity contribution < 1.29 is 24.9 Å². The second kappa shape index (κ2) is 7.69. The Hall–Kier alpha value is -2.57. The molecule has 11 heteroatoms. The number of rotatable bonds is 5. The van der Waals surface area contributed by atoms with Crippen molar-refractivity contribution in [1.29, 1.82) is 0 Å². The average Bonchev–Trinajstić information content (AvgIpc) is 3.23. The van der Waals surface area contributed by atoms with Gasteiger partial charge in [-0.3, -0.25) is 9.36 Å². The van der Waals surface area contributed by atoms with Gasteiger partial charge in [0, 0.05) is 10.5 Å². The number of hydrogen-bond donors (Lipinski definition) is 4. The molecular formula is C18H19N5O5S. The van der Waals surface area contributed by atoms with Gasteiger partial charge in [0.25, 0.3) is 0 Å². The molecule has 0 unspecified atom stereocenters. The fraction of sp³-hybridized carbons (Fsp3) is 0.333. The topological polar surface area (TPSA) is 157 Å². The number of imidazole rings is 1. The molecule has 1 aliphatic heterocycles. The van der Waals surface area contributed by atoms with Crippen molar-refractivity contribution in [1.82, 2.24) is 19.5 Å². The molecule has 4 atom stereocenters. The molecule has 29 heavy (non-hydrogen) atoms. The van der Waals surface area contributed by atoms with Crippen LogP contribution in [0.25, 0.3) is 11.2 Å². The van der Waals surface area contributed by atoms with E-state index >= 15 is 0 Å². The molecule has 3 aromatic rings. The van der Waals surface area contributed by atoms with Crippen LogP contribution in [0, 0.1) is 0 Å². The number of aliphatic hydroxyl groups excluding tert-OH is 3. The third-order valence-corrected chi connectivity index (χ3v) is 5.72. The lowest BCUT2D eigenvalue weighted by atomic mass is 10.1. The number of ketones is 1. The number of carbonyl (C=O) groups is 1. The van der Waals surface area contributed by atoms with Crippen LogP contribution in [0.1, 0.15) is 23.5 Å². The molecule has 0 spiro atoms. The van der Waals surface area contributed by atoms with E-state index in [4.69, 9.17) is 10.5 Å². The number of nitrogens with zero attached hydrogens (tertiary/aromatic N) is 4. The van der Waals surface area contributed by atoms with Crippen molar-refractivity contribution in [2.45, 2.75) is 41.4 Å². The zero-order chi connectivity index (χ0) is 20.7. The first kappa shape index (κ1) is 19.7. The predicted octanol–water partition coefficient (Wildman–Crippen LogP) is 0.374. The minimum absolute atomic E-state index is 0.0196. The number of ether oxygens (including phenoxy) is 1. The molecule has 1 fully saturated rings. The number of fused-ring (bicyclic) bond motifs is 1. The maximum atomic E-state index is 11.9. The number of anilines is 1. The number of carbonyl (C=O) groups excluding carboxylic acids is 1.